The summed E-state index contributed by atoms with van der Waals surface area (Å²) in [6.07, 6.45) is 0.742. The van der Waals surface area contributed by atoms with Crippen LogP contribution in [0.15, 0.2) is 63.8 Å². The van der Waals surface area contributed by atoms with Gasteiger partial charge in [0.2, 0.25) is 0 Å². The maximum atomic E-state index is 11.9. The molecule has 0 saturated heterocycles. The van der Waals surface area contributed by atoms with E-state index in [2.05, 4.69) is 0 Å². The van der Waals surface area contributed by atoms with Gasteiger partial charge in [0.05, 0.1) is 6.61 Å². The summed E-state index contributed by atoms with van der Waals surface area (Å²) >= 11 is 0. The zero-order valence-electron chi connectivity index (χ0n) is 14.0. The first-order chi connectivity index (χ1) is 12.6. The monoisotopic (exact) mass is 354 g/mol. The quantitative estimate of drug-likeness (QED) is 0.398. The largest absolute Gasteiger partial charge is 0.508 e. The molecule has 3 rings (SSSR count). The van der Waals surface area contributed by atoms with E-state index in [4.69, 9.17) is 13.9 Å². The summed E-state index contributed by atoms with van der Waals surface area (Å²) in [5.74, 6) is 0.377. The molecule has 0 amide bonds. The Labute approximate surface area is 149 Å². The second kappa shape index (κ2) is 8.20. The lowest BCUT2D eigenvalue weighted by Gasteiger charge is -2.08. The Bertz CT molecular complexity index is 945. The fourth-order valence-electron chi connectivity index (χ4n) is 2.49. The number of para-hydroxylation sites is 1. The van der Waals surface area contributed by atoms with Crippen molar-refractivity contribution in [3.8, 4) is 11.5 Å². The van der Waals surface area contributed by atoms with Gasteiger partial charge in [-0.2, -0.15) is 0 Å². The van der Waals surface area contributed by atoms with Crippen LogP contribution in [-0.4, -0.2) is 17.7 Å². The highest BCUT2D eigenvalue weighted by Crippen LogP contribution is 2.22. The number of benzene rings is 2. The van der Waals surface area contributed by atoms with E-state index in [0.717, 1.165) is 5.75 Å². The minimum atomic E-state index is -0.564. The summed E-state index contributed by atoms with van der Waals surface area (Å²) < 4.78 is 15.8. The lowest BCUT2D eigenvalue weighted by atomic mass is 10.1. The van der Waals surface area contributed by atoms with Crippen LogP contribution in [0.5, 0.6) is 11.5 Å². The van der Waals surface area contributed by atoms with Gasteiger partial charge in [0, 0.05) is 29.5 Å². The second-order valence-corrected chi connectivity index (χ2v) is 5.70. The molecule has 0 fully saturated rings. The van der Waals surface area contributed by atoms with Crippen LogP contribution in [0.3, 0.4) is 0 Å². The minimum Gasteiger partial charge on any atom is -0.508 e. The van der Waals surface area contributed by atoms with E-state index < -0.39 is 5.63 Å². The first kappa shape index (κ1) is 17.5. The fraction of sp³-hybridized carbons (Fsp3) is 0.200. The normalized spacial score (nSPS) is 10.6. The average molecular weight is 354 g/mol. The first-order valence-electron chi connectivity index (χ1n) is 8.21. The van der Waals surface area contributed by atoms with Crippen LogP contribution in [0.2, 0.25) is 0 Å². The number of fused-ring (bicyclic) bond motifs is 1. The number of hydrogen-bond acceptors (Lipinski definition) is 6. The highest BCUT2D eigenvalue weighted by molar-refractivity contribution is 5.81. The molecule has 0 aliphatic rings. The molecule has 0 radical (unpaired) electrons. The lowest BCUT2D eigenvalue weighted by molar-refractivity contribution is -0.145. The number of aromatic hydroxyl groups is 1. The maximum absolute atomic E-state index is 11.9. The van der Waals surface area contributed by atoms with Crippen molar-refractivity contribution in [2.24, 2.45) is 0 Å². The molecular weight excluding hydrogens is 336 g/mol. The molecule has 6 heteroatoms. The van der Waals surface area contributed by atoms with Gasteiger partial charge in [-0.05, 0) is 30.7 Å². The van der Waals surface area contributed by atoms with Gasteiger partial charge >= 0.3 is 11.6 Å². The standard InChI is InChI=1S/C20H18O6/c21-15-8-9-17-14(11-20(23)26-18(17)12-15)13-25-19(22)7-4-10-24-16-5-2-1-3-6-16/h1-3,5-6,8-9,11-12,21H,4,7,10,13H2. The van der Waals surface area contributed by atoms with Gasteiger partial charge in [0.1, 0.15) is 23.7 Å². The smallest absolute Gasteiger partial charge is 0.336 e. The van der Waals surface area contributed by atoms with E-state index in [1.807, 2.05) is 30.3 Å². The average Bonchev–Trinajstić information content (AvgIpc) is 2.63. The van der Waals surface area contributed by atoms with Crippen molar-refractivity contribution in [2.45, 2.75) is 19.4 Å². The topological polar surface area (TPSA) is 86.0 Å². The number of ether oxygens (including phenoxy) is 2. The molecule has 26 heavy (non-hydrogen) atoms. The molecule has 0 atom stereocenters. The number of esters is 1. The molecule has 0 aliphatic heterocycles. The minimum absolute atomic E-state index is 0.00629. The summed E-state index contributed by atoms with van der Waals surface area (Å²) in [5.41, 5.74) is 0.218. The molecule has 0 saturated carbocycles. The van der Waals surface area contributed by atoms with Crippen LogP contribution >= 0.6 is 0 Å². The van der Waals surface area contributed by atoms with E-state index in [0.29, 0.717) is 24.0 Å². The lowest BCUT2D eigenvalue weighted by Crippen LogP contribution is -2.09. The molecule has 0 aliphatic carbocycles. The van der Waals surface area contributed by atoms with Gasteiger partial charge in [-0.1, -0.05) is 18.2 Å². The Morgan fingerprint density at radius 2 is 1.88 bits per heavy atom. The van der Waals surface area contributed by atoms with Crippen molar-refractivity contribution < 1.29 is 23.8 Å². The van der Waals surface area contributed by atoms with Gasteiger partial charge in [-0.15, -0.1) is 0 Å². The highest BCUT2D eigenvalue weighted by atomic mass is 16.5. The predicted molar refractivity (Wildman–Crippen MR) is 95.1 cm³/mol. The van der Waals surface area contributed by atoms with Crippen LogP contribution < -0.4 is 10.4 Å². The summed E-state index contributed by atoms with van der Waals surface area (Å²) in [6, 6.07) is 15.1. The summed E-state index contributed by atoms with van der Waals surface area (Å²) in [5, 5.41) is 10.1. The Morgan fingerprint density at radius 1 is 1.08 bits per heavy atom. The second-order valence-electron chi connectivity index (χ2n) is 5.70. The Balaban J connectivity index is 1.51. The highest BCUT2D eigenvalue weighted by Gasteiger charge is 2.09. The number of carbonyl (C=O) groups is 1. The summed E-state index contributed by atoms with van der Waals surface area (Å²) in [6.45, 7) is 0.376. The number of phenols is 1. The van der Waals surface area contributed by atoms with Crippen molar-refractivity contribution in [3.63, 3.8) is 0 Å². The van der Waals surface area contributed by atoms with Crippen molar-refractivity contribution in [1.82, 2.24) is 0 Å². The Morgan fingerprint density at radius 3 is 2.69 bits per heavy atom. The van der Waals surface area contributed by atoms with Crippen LogP contribution in [-0.2, 0) is 16.1 Å². The van der Waals surface area contributed by atoms with E-state index in [1.54, 1.807) is 6.07 Å². The van der Waals surface area contributed by atoms with Crippen LogP contribution in [0.25, 0.3) is 11.0 Å². The molecule has 1 aromatic heterocycles. The van der Waals surface area contributed by atoms with Crippen LogP contribution in [0, 0.1) is 0 Å². The van der Waals surface area contributed by atoms with Crippen molar-refractivity contribution in [2.75, 3.05) is 6.61 Å². The molecule has 2 aromatic carbocycles. The molecule has 134 valence electrons. The Kier molecular flexibility index (Phi) is 5.53. The van der Waals surface area contributed by atoms with Crippen molar-refractivity contribution in [3.05, 3.63) is 70.6 Å². The summed E-state index contributed by atoms with van der Waals surface area (Å²) in [4.78, 5) is 23.5. The molecule has 3 aromatic rings. The third-order valence-electron chi connectivity index (χ3n) is 3.74. The first-order valence-corrected chi connectivity index (χ1v) is 8.21. The molecular formula is C20H18O6. The third kappa shape index (κ3) is 4.63. The summed E-state index contributed by atoms with van der Waals surface area (Å²) in [7, 11) is 0. The van der Waals surface area contributed by atoms with Gasteiger partial charge in [0.15, 0.2) is 0 Å². The van der Waals surface area contributed by atoms with Crippen molar-refractivity contribution in [1.29, 1.82) is 0 Å². The van der Waals surface area contributed by atoms with Crippen molar-refractivity contribution >= 4 is 16.9 Å². The van der Waals surface area contributed by atoms with Gasteiger partial charge in [0.25, 0.3) is 0 Å². The van der Waals surface area contributed by atoms with E-state index >= 15 is 0 Å². The van der Waals surface area contributed by atoms with Crippen LogP contribution in [0.4, 0.5) is 0 Å². The zero-order chi connectivity index (χ0) is 18.4. The zero-order valence-corrected chi connectivity index (χ0v) is 14.0. The van der Waals surface area contributed by atoms with Crippen LogP contribution in [0.1, 0.15) is 18.4 Å². The molecule has 0 unspecified atom stereocenters. The van der Waals surface area contributed by atoms with Gasteiger partial charge < -0.3 is 19.0 Å². The SMILES string of the molecule is O=C(CCCOc1ccccc1)OCc1cc(=O)oc2cc(O)ccc12. The number of rotatable bonds is 7. The van der Waals surface area contributed by atoms with E-state index in [1.165, 1.54) is 18.2 Å². The fourth-order valence-corrected chi connectivity index (χ4v) is 2.49. The predicted octanol–water partition coefficient (Wildman–Crippen LogP) is 3.40. The molecule has 0 spiro atoms. The molecule has 0 bridgehead atoms. The third-order valence-corrected chi connectivity index (χ3v) is 3.74. The molecule has 6 nitrogen and oxygen atoms in total. The van der Waals surface area contributed by atoms with Gasteiger partial charge in [-0.25, -0.2) is 4.79 Å². The molecule has 1 N–H and O–H groups in total. The molecule has 1 heterocycles. The van der Waals surface area contributed by atoms with E-state index in [-0.39, 0.29) is 30.3 Å². The number of hydrogen-bond donors (Lipinski definition) is 1. The van der Waals surface area contributed by atoms with E-state index in [9.17, 15) is 14.7 Å². The Hall–Kier alpha value is -3.28. The van der Waals surface area contributed by atoms with Gasteiger partial charge in [-0.3, -0.25) is 4.79 Å². The maximum Gasteiger partial charge on any atom is 0.336 e. The number of phenolic OH excluding ortho intramolecular Hbond substituents is 1. The number of carbonyl (C=O) groups excluding carboxylic acids is 1.